The van der Waals surface area contributed by atoms with Crippen molar-refractivity contribution in [1.82, 2.24) is 9.88 Å². The first-order valence-electron chi connectivity index (χ1n) is 8.60. The third kappa shape index (κ3) is 4.20. The summed E-state index contributed by atoms with van der Waals surface area (Å²) in [7, 11) is 0. The molecule has 2 aliphatic rings. The molecule has 2 fully saturated rings. The van der Waals surface area contributed by atoms with Gasteiger partial charge >= 0.3 is 0 Å². The van der Waals surface area contributed by atoms with Crippen molar-refractivity contribution < 1.29 is 0 Å². The van der Waals surface area contributed by atoms with Crippen LogP contribution in [0.4, 0.5) is 0 Å². The summed E-state index contributed by atoms with van der Waals surface area (Å²) < 4.78 is 0. The summed E-state index contributed by atoms with van der Waals surface area (Å²) in [6.07, 6.45) is 12.5. The molecule has 0 aromatic carbocycles. The van der Waals surface area contributed by atoms with Crippen LogP contribution in [0.15, 0.2) is 5.38 Å². The van der Waals surface area contributed by atoms with Crippen molar-refractivity contribution in [3.05, 3.63) is 16.1 Å². The van der Waals surface area contributed by atoms with Crippen LogP contribution in [-0.2, 0) is 12.3 Å². The first kappa shape index (κ1) is 15.8. The summed E-state index contributed by atoms with van der Waals surface area (Å²) in [5.41, 5.74) is 1.04. The molecule has 1 aliphatic heterocycles. The van der Waals surface area contributed by atoms with E-state index in [4.69, 9.17) is 11.6 Å². The number of hydrogen-bond donors (Lipinski definition) is 0. The van der Waals surface area contributed by atoms with Crippen molar-refractivity contribution >= 4 is 22.9 Å². The van der Waals surface area contributed by atoms with Gasteiger partial charge in [-0.1, -0.05) is 12.8 Å². The number of likely N-dealkylation sites (tertiary alicyclic amines) is 1. The van der Waals surface area contributed by atoms with Gasteiger partial charge in [-0.3, -0.25) is 0 Å². The highest BCUT2D eigenvalue weighted by molar-refractivity contribution is 7.09. The minimum atomic E-state index is 0.549. The highest BCUT2D eigenvalue weighted by Gasteiger charge is 2.32. The number of piperidine rings is 1. The van der Waals surface area contributed by atoms with E-state index in [2.05, 4.69) is 15.3 Å². The van der Waals surface area contributed by atoms with E-state index in [-0.39, 0.29) is 0 Å². The molecule has 3 rings (SSSR count). The maximum absolute atomic E-state index is 5.81. The van der Waals surface area contributed by atoms with Gasteiger partial charge in [0, 0.05) is 11.4 Å². The number of thiazole rings is 1. The van der Waals surface area contributed by atoms with Gasteiger partial charge in [-0.05, 0) is 64.0 Å². The van der Waals surface area contributed by atoms with Crippen LogP contribution in [0.3, 0.4) is 0 Å². The van der Waals surface area contributed by atoms with E-state index in [1.807, 2.05) is 0 Å². The normalized spacial score (nSPS) is 26.7. The molecule has 1 aromatic heterocycles. The summed E-state index contributed by atoms with van der Waals surface area (Å²) in [4.78, 5) is 7.36. The molecule has 0 N–H and O–H groups in total. The fourth-order valence-electron chi connectivity index (χ4n) is 4.12. The fraction of sp³-hybridized carbons (Fsp3) is 0.824. The topological polar surface area (TPSA) is 16.1 Å². The van der Waals surface area contributed by atoms with Gasteiger partial charge in [0.05, 0.1) is 16.6 Å². The maximum Gasteiger partial charge on any atom is 0.0928 e. The van der Waals surface area contributed by atoms with Crippen LogP contribution in [0.1, 0.15) is 62.1 Å². The summed E-state index contributed by atoms with van der Waals surface area (Å²) in [5, 5.41) is 3.36. The second kappa shape index (κ2) is 7.94. The number of hydrogen-bond acceptors (Lipinski definition) is 3. The second-order valence-corrected chi connectivity index (χ2v) is 7.82. The minimum Gasteiger partial charge on any atom is -0.300 e. The van der Waals surface area contributed by atoms with Crippen LogP contribution < -0.4 is 0 Å². The maximum atomic E-state index is 5.81. The van der Waals surface area contributed by atoms with Crippen LogP contribution in [0.2, 0.25) is 0 Å². The third-order valence-electron chi connectivity index (χ3n) is 5.18. The summed E-state index contributed by atoms with van der Waals surface area (Å²) in [5.74, 6) is 1.56. The number of aromatic nitrogens is 1. The first-order valence-corrected chi connectivity index (χ1v) is 10.0. The molecule has 0 amide bonds. The van der Waals surface area contributed by atoms with Gasteiger partial charge < -0.3 is 4.90 Å². The lowest BCUT2D eigenvalue weighted by molar-refractivity contribution is 0.0597. The quantitative estimate of drug-likeness (QED) is 0.548. The van der Waals surface area contributed by atoms with Crippen LogP contribution >= 0.6 is 22.9 Å². The average molecular weight is 327 g/mol. The molecule has 21 heavy (non-hydrogen) atoms. The van der Waals surface area contributed by atoms with E-state index in [1.54, 1.807) is 11.3 Å². The van der Waals surface area contributed by atoms with Crippen LogP contribution in [-0.4, -0.2) is 29.0 Å². The molecule has 0 unspecified atom stereocenters. The Kier molecular flexibility index (Phi) is 5.96. The van der Waals surface area contributed by atoms with Crippen LogP contribution in [0.25, 0.3) is 0 Å². The molecule has 118 valence electrons. The number of aryl methyl sites for hydroxylation is 1. The first-order chi connectivity index (χ1) is 10.4. The fourth-order valence-corrected chi connectivity index (χ4v) is 5.19. The molecule has 2 atom stereocenters. The van der Waals surface area contributed by atoms with Gasteiger partial charge in [-0.25, -0.2) is 4.98 Å². The van der Waals surface area contributed by atoms with Gasteiger partial charge in [0.1, 0.15) is 0 Å². The van der Waals surface area contributed by atoms with E-state index < -0.39 is 0 Å². The molecule has 1 aliphatic carbocycles. The number of halogens is 1. The number of rotatable bonds is 6. The van der Waals surface area contributed by atoms with Gasteiger partial charge in [-0.15, -0.1) is 22.9 Å². The number of nitrogens with zero attached hydrogens (tertiary/aromatic N) is 2. The largest absolute Gasteiger partial charge is 0.300 e. The van der Waals surface area contributed by atoms with Gasteiger partial charge in [0.15, 0.2) is 0 Å². The molecule has 0 bridgehead atoms. The van der Waals surface area contributed by atoms with Crippen molar-refractivity contribution in [2.24, 2.45) is 5.92 Å². The molecule has 0 spiro atoms. The Morgan fingerprint density at radius 1 is 1.19 bits per heavy atom. The number of alkyl halides is 1. The van der Waals surface area contributed by atoms with Crippen LogP contribution in [0, 0.1) is 5.92 Å². The summed E-state index contributed by atoms with van der Waals surface area (Å²) >= 11 is 7.57. The Morgan fingerprint density at radius 2 is 2.05 bits per heavy atom. The van der Waals surface area contributed by atoms with Crippen molar-refractivity contribution in [2.75, 3.05) is 13.1 Å². The van der Waals surface area contributed by atoms with E-state index >= 15 is 0 Å². The molecule has 2 nitrogen and oxygen atoms in total. The van der Waals surface area contributed by atoms with Crippen molar-refractivity contribution in [1.29, 1.82) is 0 Å². The Morgan fingerprint density at radius 3 is 2.90 bits per heavy atom. The van der Waals surface area contributed by atoms with E-state index in [0.717, 1.165) is 24.1 Å². The van der Waals surface area contributed by atoms with Crippen molar-refractivity contribution in [3.63, 3.8) is 0 Å². The lowest BCUT2D eigenvalue weighted by Crippen LogP contribution is -2.47. The van der Waals surface area contributed by atoms with Gasteiger partial charge in [0.25, 0.3) is 0 Å². The predicted octanol–water partition coefficient (Wildman–Crippen LogP) is 4.86. The predicted molar refractivity (Wildman–Crippen MR) is 91.2 cm³/mol. The second-order valence-electron chi connectivity index (χ2n) is 6.61. The van der Waals surface area contributed by atoms with E-state index in [0.29, 0.717) is 5.88 Å². The Bertz CT molecular complexity index is 432. The molecule has 4 heteroatoms. The molecule has 0 radical (unpaired) electrons. The summed E-state index contributed by atoms with van der Waals surface area (Å²) in [6.45, 7) is 2.64. The molecule has 2 heterocycles. The molecular weight excluding hydrogens is 300 g/mol. The summed E-state index contributed by atoms with van der Waals surface area (Å²) in [6, 6.07) is 0.912. The van der Waals surface area contributed by atoms with E-state index in [9.17, 15) is 0 Å². The van der Waals surface area contributed by atoms with Gasteiger partial charge in [0.2, 0.25) is 0 Å². The Balaban J connectivity index is 1.40. The molecule has 1 aromatic rings. The highest BCUT2D eigenvalue weighted by atomic mass is 35.5. The molecule has 1 saturated carbocycles. The Labute approximate surface area is 137 Å². The number of unbranched alkanes of at least 4 members (excludes halogenated alkanes) is 1. The Hall–Kier alpha value is -0.120. The van der Waals surface area contributed by atoms with E-state index in [1.165, 1.54) is 69.5 Å². The monoisotopic (exact) mass is 326 g/mol. The standard InChI is InChI=1S/C17H27ClN2S/c18-12-15-13-21-17(19-15)9-3-4-10-20-11-5-7-14-6-1-2-8-16(14)20/h13-14,16H,1-12H2/t14-,16-/m1/s1. The smallest absolute Gasteiger partial charge is 0.0928 e. The highest BCUT2D eigenvalue weighted by Crippen LogP contribution is 2.35. The zero-order valence-corrected chi connectivity index (χ0v) is 14.5. The van der Waals surface area contributed by atoms with Crippen LogP contribution in [0.5, 0.6) is 0 Å². The zero-order chi connectivity index (χ0) is 14.5. The molecular formula is C17H27ClN2S. The van der Waals surface area contributed by atoms with Gasteiger partial charge in [-0.2, -0.15) is 0 Å². The minimum absolute atomic E-state index is 0.549. The average Bonchev–Trinajstić information content (AvgIpc) is 3.00. The lowest BCUT2D eigenvalue weighted by Gasteiger charge is -2.44. The number of fused-ring (bicyclic) bond motifs is 1. The van der Waals surface area contributed by atoms with Crippen molar-refractivity contribution in [3.8, 4) is 0 Å². The van der Waals surface area contributed by atoms with Crippen molar-refractivity contribution in [2.45, 2.75) is 69.7 Å². The SMILES string of the molecule is ClCc1csc(CCCCN2CCC[C@H]3CCCC[C@H]32)n1. The molecule has 1 saturated heterocycles. The lowest BCUT2D eigenvalue weighted by atomic mass is 9.78. The third-order valence-corrected chi connectivity index (χ3v) is 6.41. The zero-order valence-electron chi connectivity index (χ0n) is 12.9.